The lowest BCUT2D eigenvalue weighted by Gasteiger charge is -2.23. The van der Waals surface area contributed by atoms with Crippen LogP contribution in [0.1, 0.15) is 50.3 Å². The summed E-state index contributed by atoms with van der Waals surface area (Å²) in [5.74, 6) is -1.75. The van der Waals surface area contributed by atoms with E-state index in [1.807, 2.05) is 20.8 Å². The Bertz CT molecular complexity index is 1130. The van der Waals surface area contributed by atoms with Gasteiger partial charge in [-0.05, 0) is 34.7 Å². The van der Waals surface area contributed by atoms with Crippen molar-refractivity contribution in [1.29, 1.82) is 0 Å². The summed E-state index contributed by atoms with van der Waals surface area (Å²) in [6, 6.07) is 9.51. The molecule has 0 radical (unpaired) electrons. The lowest BCUT2D eigenvalue weighted by atomic mass is 9.77. The van der Waals surface area contributed by atoms with Crippen LogP contribution < -0.4 is 10.4 Å². The maximum Gasteiger partial charge on any atom is 0.333 e. The molecule has 1 unspecified atom stereocenters. The number of hydrogen-bond donors (Lipinski definition) is 1. The summed E-state index contributed by atoms with van der Waals surface area (Å²) >= 11 is 6.53. The number of benzene rings is 2. The molecule has 168 valence electrons. The van der Waals surface area contributed by atoms with Gasteiger partial charge in [0.2, 0.25) is 5.91 Å². The van der Waals surface area contributed by atoms with Crippen LogP contribution >= 0.6 is 11.6 Å². The Morgan fingerprint density at radius 1 is 1.22 bits per heavy atom. The molecule has 2 heterocycles. The van der Waals surface area contributed by atoms with Gasteiger partial charge in [-0.3, -0.25) is 9.59 Å². The molecule has 0 aromatic heterocycles. The highest BCUT2D eigenvalue weighted by molar-refractivity contribution is 6.32. The summed E-state index contributed by atoms with van der Waals surface area (Å²) in [4.78, 5) is 43.8. The molecule has 1 saturated heterocycles. The number of carbonyl (C=O) groups excluding carboxylic acids is 3. The Hall–Kier alpha value is -2.93. The first-order valence-electron chi connectivity index (χ1n) is 10.4. The molecule has 1 spiro atoms. The van der Waals surface area contributed by atoms with E-state index in [9.17, 15) is 18.8 Å². The van der Waals surface area contributed by atoms with E-state index < -0.39 is 23.1 Å². The minimum Gasteiger partial charge on any atom is -0.355 e. The van der Waals surface area contributed by atoms with E-state index in [-0.39, 0.29) is 37.1 Å². The van der Waals surface area contributed by atoms with E-state index in [2.05, 4.69) is 5.32 Å². The van der Waals surface area contributed by atoms with Crippen molar-refractivity contribution >= 4 is 35.1 Å². The van der Waals surface area contributed by atoms with Gasteiger partial charge in [0.1, 0.15) is 11.2 Å². The van der Waals surface area contributed by atoms with Crippen LogP contribution in [-0.4, -0.2) is 24.3 Å². The highest BCUT2D eigenvalue weighted by atomic mass is 35.5. The monoisotopic (exact) mass is 458 g/mol. The third-order valence-corrected chi connectivity index (χ3v) is 6.12. The van der Waals surface area contributed by atoms with Crippen molar-refractivity contribution in [1.82, 2.24) is 5.32 Å². The Kier molecular flexibility index (Phi) is 5.49. The molecule has 2 aromatic carbocycles. The van der Waals surface area contributed by atoms with Gasteiger partial charge in [-0.2, -0.15) is 0 Å². The summed E-state index contributed by atoms with van der Waals surface area (Å²) in [6.45, 7) is 5.72. The van der Waals surface area contributed by atoms with Crippen molar-refractivity contribution in [3.8, 4) is 0 Å². The number of rotatable bonds is 4. The van der Waals surface area contributed by atoms with Crippen molar-refractivity contribution in [3.63, 3.8) is 0 Å². The summed E-state index contributed by atoms with van der Waals surface area (Å²) in [6.07, 6.45) is 0.129. The number of amides is 2. The summed E-state index contributed by atoms with van der Waals surface area (Å²) in [5.41, 5.74) is 0.199. The van der Waals surface area contributed by atoms with Gasteiger partial charge < -0.3 is 10.2 Å². The molecule has 0 saturated carbocycles. The standard InChI is InChI=1S/C24H24ClFN2O4/c1-23(2,3)12-20(30)32-28-18-9-8-16(25)15(10-14-6-4-5-7-17(14)26)21(18)24(22(28)31)11-19(29)27-13-24/h4-9H,10-13H2,1-3H3,(H,27,29). The molecule has 1 N–H and O–H groups in total. The van der Waals surface area contributed by atoms with Gasteiger partial charge >= 0.3 is 5.97 Å². The summed E-state index contributed by atoms with van der Waals surface area (Å²) < 4.78 is 14.4. The van der Waals surface area contributed by atoms with Gasteiger partial charge in [0.25, 0.3) is 5.91 Å². The van der Waals surface area contributed by atoms with E-state index in [1.54, 1.807) is 30.3 Å². The number of fused-ring (bicyclic) bond motifs is 2. The fraction of sp³-hybridized carbons (Fsp3) is 0.375. The van der Waals surface area contributed by atoms with E-state index >= 15 is 0 Å². The van der Waals surface area contributed by atoms with Gasteiger partial charge in [0, 0.05) is 30.0 Å². The average Bonchev–Trinajstić information content (AvgIpc) is 3.18. The van der Waals surface area contributed by atoms with Gasteiger partial charge in [-0.15, -0.1) is 5.06 Å². The van der Waals surface area contributed by atoms with Crippen molar-refractivity contribution in [2.45, 2.75) is 45.4 Å². The molecular weight excluding hydrogens is 435 g/mol. The SMILES string of the molecule is CC(C)(C)CC(=O)ON1C(=O)C2(CNC(=O)C2)c2c1ccc(Cl)c2Cc1ccccc1F. The largest absolute Gasteiger partial charge is 0.355 e. The fourth-order valence-electron chi connectivity index (χ4n) is 4.36. The molecular formula is C24H24ClFN2O4. The van der Waals surface area contributed by atoms with Crippen LogP contribution in [0.5, 0.6) is 0 Å². The number of halogens is 2. The molecule has 2 amide bonds. The van der Waals surface area contributed by atoms with Crippen LogP contribution in [-0.2, 0) is 31.1 Å². The van der Waals surface area contributed by atoms with E-state index in [4.69, 9.17) is 16.4 Å². The third kappa shape index (κ3) is 3.86. The number of anilines is 1. The molecule has 2 aliphatic rings. The second-order valence-electron chi connectivity index (χ2n) is 9.52. The molecule has 1 atom stereocenters. The zero-order valence-corrected chi connectivity index (χ0v) is 18.9. The maximum absolute atomic E-state index is 14.4. The first-order valence-corrected chi connectivity index (χ1v) is 10.8. The molecule has 6 nitrogen and oxygen atoms in total. The summed E-state index contributed by atoms with van der Waals surface area (Å²) in [7, 11) is 0. The number of hydrogen-bond acceptors (Lipinski definition) is 4. The van der Waals surface area contributed by atoms with Crippen molar-refractivity contribution in [2.75, 3.05) is 11.6 Å². The third-order valence-electron chi connectivity index (χ3n) is 5.77. The second kappa shape index (κ2) is 7.89. The molecule has 0 aliphatic carbocycles. The topological polar surface area (TPSA) is 75.7 Å². The molecule has 8 heteroatoms. The van der Waals surface area contributed by atoms with Gasteiger partial charge in [0.05, 0.1) is 12.1 Å². The average molecular weight is 459 g/mol. The minimum atomic E-state index is -1.26. The Morgan fingerprint density at radius 2 is 1.94 bits per heavy atom. The molecule has 32 heavy (non-hydrogen) atoms. The number of nitrogens with zero attached hydrogens (tertiary/aromatic N) is 1. The molecule has 2 aromatic rings. The fourth-order valence-corrected chi connectivity index (χ4v) is 4.59. The predicted octanol–water partition coefficient (Wildman–Crippen LogP) is 4.07. The Balaban J connectivity index is 1.82. The van der Waals surface area contributed by atoms with Crippen LogP contribution in [0.25, 0.3) is 0 Å². The van der Waals surface area contributed by atoms with E-state index in [1.165, 1.54) is 6.07 Å². The van der Waals surface area contributed by atoms with Gasteiger partial charge in [0.15, 0.2) is 0 Å². The van der Waals surface area contributed by atoms with E-state index in [0.717, 1.165) is 5.06 Å². The Labute approximate surface area is 190 Å². The molecule has 2 aliphatic heterocycles. The van der Waals surface area contributed by atoms with Gasteiger partial charge in [-0.1, -0.05) is 50.6 Å². The second-order valence-corrected chi connectivity index (χ2v) is 9.93. The van der Waals surface area contributed by atoms with Crippen molar-refractivity contribution < 1.29 is 23.6 Å². The summed E-state index contributed by atoms with van der Waals surface area (Å²) in [5, 5.41) is 4.04. The quantitative estimate of drug-likeness (QED) is 0.749. The van der Waals surface area contributed by atoms with Crippen LogP contribution in [0.2, 0.25) is 5.02 Å². The molecule has 1 fully saturated rings. The van der Waals surface area contributed by atoms with E-state index in [0.29, 0.717) is 27.4 Å². The lowest BCUT2D eigenvalue weighted by Crippen LogP contribution is -2.43. The van der Waals surface area contributed by atoms with Crippen molar-refractivity contribution in [2.24, 2.45) is 5.41 Å². The Morgan fingerprint density at radius 3 is 2.56 bits per heavy atom. The van der Waals surface area contributed by atoms with Crippen molar-refractivity contribution in [3.05, 3.63) is 63.9 Å². The number of carbonyl (C=O) groups is 3. The first kappa shape index (κ1) is 22.3. The van der Waals surface area contributed by atoms with Crippen LogP contribution in [0.4, 0.5) is 10.1 Å². The highest BCUT2D eigenvalue weighted by Crippen LogP contribution is 2.50. The normalized spacial score (nSPS) is 20.0. The van der Waals surface area contributed by atoms with Crippen LogP contribution in [0.15, 0.2) is 36.4 Å². The highest BCUT2D eigenvalue weighted by Gasteiger charge is 2.58. The number of nitrogens with one attached hydrogen (secondary N) is 1. The smallest absolute Gasteiger partial charge is 0.333 e. The zero-order chi connectivity index (χ0) is 23.3. The molecule has 0 bridgehead atoms. The number of hydroxylamine groups is 1. The van der Waals surface area contributed by atoms with Crippen LogP contribution in [0.3, 0.4) is 0 Å². The predicted molar refractivity (Wildman–Crippen MR) is 118 cm³/mol. The first-order chi connectivity index (χ1) is 15.0. The van der Waals surface area contributed by atoms with Gasteiger partial charge in [-0.25, -0.2) is 9.18 Å². The maximum atomic E-state index is 14.4. The lowest BCUT2D eigenvalue weighted by molar-refractivity contribution is -0.152. The van der Waals surface area contributed by atoms with Crippen LogP contribution in [0, 0.1) is 11.2 Å². The zero-order valence-electron chi connectivity index (χ0n) is 18.1. The minimum absolute atomic E-state index is 0.0512. The molecule has 4 rings (SSSR count).